The minimum Gasteiger partial charge on any atom is -0.477 e. The third-order valence-corrected chi connectivity index (χ3v) is 3.71. The highest BCUT2D eigenvalue weighted by molar-refractivity contribution is 7.17. The van der Waals surface area contributed by atoms with Gasteiger partial charge in [-0.15, -0.1) is 0 Å². The molecule has 0 saturated heterocycles. The third-order valence-electron chi connectivity index (χ3n) is 2.84. The van der Waals surface area contributed by atoms with Gasteiger partial charge in [-0.2, -0.15) is 0 Å². The molecule has 1 aromatic carbocycles. The molecular formula is C12H9N3O3S. The predicted octanol–water partition coefficient (Wildman–Crippen LogP) is 1.59. The fourth-order valence-corrected chi connectivity index (χ4v) is 2.75. The Hall–Kier alpha value is -2.41. The van der Waals surface area contributed by atoms with E-state index in [1.54, 1.807) is 18.2 Å². The highest BCUT2D eigenvalue weighted by Crippen LogP contribution is 2.33. The Morgan fingerprint density at radius 3 is 3.00 bits per heavy atom. The zero-order chi connectivity index (χ0) is 13.6. The van der Waals surface area contributed by atoms with Gasteiger partial charge in [-0.05, 0) is 17.7 Å². The summed E-state index contributed by atoms with van der Waals surface area (Å²) in [6.45, 7) is 0. The van der Waals surface area contributed by atoms with Crippen molar-refractivity contribution in [3.63, 3.8) is 0 Å². The maximum Gasteiger partial charge on any atom is 0.348 e. The van der Waals surface area contributed by atoms with Gasteiger partial charge in [-0.25, -0.2) is 9.78 Å². The van der Waals surface area contributed by atoms with Crippen molar-refractivity contribution >= 4 is 34.0 Å². The number of hydrogen-bond acceptors (Lipinski definition) is 5. The van der Waals surface area contributed by atoms with Crippen molar-refractivity contribution in [1.82, 2.24) is 4.98 Å². The molecule has 0 saturated carbocycles. The van der Waals surface area contributed by atoms with Gasteiger partial charge in [0.15, 0.2) is 5.13 Å². The topological polar surface area (TPSA) is 105 Å². The van der Waals surface area contributed by atoms with Gasteiger partial charge in [0, 0.05) is 11.3 Å². The number of benzene rings is 1. The second-order valence-electron chi connectivity index (χ2n) is 4.13. The average Bonchev–Trinajstić information content (AvgIpc) is 2.89. The van der Waals surface area contributed by atoms with Gasteiger partial charge in [0.05, 0.1) is 12.1 Å². The van der Waals surface area contributed by atoms with Crippen LogP contribution in [0.4, 0.5) is 10.8 Å². The van der Waals surface area contributed by atoms with E-state index in [4.69, 9.17) is 10.8 Å². The van der Waals surface area contributed by atoms with Gasteiger partial charge in [0.1, 0.15) is 4.88 Å². The Labute approximate surface area is 111 Å². The number of hydrogen-bond donors (Lipinski definition) is 3. The standard InChI is InChI=1S/C12H9N3O3S/c13-12-15-9(10(19-12)11(17)18)5-1-2-7-6(3-5)4-8(16)14-7/h1-3H,4H2,(H2,13,15)(H,14,16)(H,17,18). The molecule has 3 rings (SSSR count). The van der Waals surface area contributed by atoms with Crippen LogP contribution in [0.15, 0.2) is 18.2 Å². The Balaban J connectivity index is 2.11. The number of nitrogens with two attached hydrogens (primary N) is 1. The molecule has 4 N–H and O–H groups in total. The molecule has 7 heteroatoms. The molecule has 19 heavy (non-hydrogen) atoms. The molecule has 0 bridgehead atoms. The molecule has 1 amide bonds. The zero-order valence-corrected chi connectivity index (χ0v) is 10.5. The Morgan fingerprint density at radius 2 is 2.26 bits per heavy atom. The highest BCUT2D eigenvalue weighted by Gasteiger charge is 2.21. The van der Waals surface area contributed by atoms with E-state index in [-0.39, 0.29) is 15.9 Å². The van der Waals surface area contributed by atoms with Crippen molar-refractivity contribution in [2.45, 2.75) is 6.42 Å². The highest BCUT2D eigenvalue weighted by atomic mass is 32.1. The number of nitrogens with zero attached hydrogens (tertiary/aromatic N) is 1. The van der Waals surface area contributed by atoms with Crippen molar-refractivity contribution in [2.75, 3.05) is 11.1 Å². The number of rotatable bonds is 2. The van der Waals surface area contributed by atoms with Crippen molar-refractivity contribution < 1.29 is 14.7 Å². The fourth-order valence-electron chi connectivity index (χ4n) is 2.05. The van der Waals surface area contributed by atoms with Gasteiger partial charge in [-0.3, -0.25) is 4.79 Å². The monoisotopic (exact) mass is 275 g/mol. The number of thiazole rings is 1. The van der Waals surface area contributed by atoms with Gasteiger partial charge >= 0.3 is 5.97 Å². The molecule has 0 unspecified atom stereocenters. The molecule has 0 aliphatic carbocycles. The number of fused-ring (bicyclic) bond motifs is 1. The number of aromatic carboxylic acids is 1. The van der Waals surface area contributed by atoms with E-state index >= 15 is 0 Å². The van der Waals surface area contributed by atoms with Gasteiger partial charge in [0.2, 0.25) is 5.91 Å². The first-order chi connectivity index (χ1) is 9.04. The van der Waals surface area contributed by atoms with E-state index in [0.29, 0.717) is 17.7 Å². The number of aromatic nitrogens is 1. The van der Waals surface area contributed by atoms with Crippen LogP contribution in [0.2, 0.25) is 0 Å². The van der Waals surface area contributed by atoms with E-state index in [2.05, 4.69) is 10.3 Å². The van der Waals surface area contributed by atoms with Crippen LogP contribution in [-0.2, 0) is 11.2 Å². The van der Waals surface area contributed by atoms with Crippen LogP contribution in [0.25, 0.3) is 11.3 Å². The molecule has 0 atom stereocenters. The molecule has 2 aromatic rings. The minimum absolute atomic E-state index is 0.0663. The molecule has 0 fully saturated rings. The fraction of sp³-hybridized carbons (Fsp3) is 0.0833. The van der Waals surface area contributed by atoms with Crippen molar-refractivity contribution in [3.05, 3.63) is 28.6 Å². The van der Waals surface area contributed by atoms with Gasteiger partial charge in [0.25, 0.3) is 0 Å². The lowest BCUT2D eigenvalue weighted by atomic mass is 10.1. The molecule has 1 aliphatic heterocycles. The molecule has 0 spiro atoms. The second kappa shape index (κ2) is 4.06. The van der Waals surface area contributed by atoms with Crippen LogP contribution in [0.5, 0.6) is 0 Å². The smallest absolute Gasteiger partial charge is 0.348 e. The summed E-state index contributed by atoms with van der Waals surface area (Å²) in [6, 6.07) is 5.25. The molecule has 2 heterocycles. The summed E-state index contributed by atoms with van der Waals surface area (Å²) in [5.41, 5.74) is 8.16. The Kier molecular flexibility index (Phi) is 2.49. The lowest BCUT2D eigenvalue weighted by Gasteiger charge is -2.02. The normalized spacial score (nSPS) is 13.2. The van der Waals surface area contributed by atoms with Crippen LogP contribution >= 0.6 is 11.3 Å². The first-order valence-corrected chi connectivity index (χ1v) is 6.29. The first-order valence-electron chi connectivity index (χ1n) is 5.47. The quantitative estimate of drug-likeness (QED) is 0.771. The van der Waals surface area contributed by atoms with Crippen LogP contribution < -0.4 is 11.1 Å². The largest absolute Gasteiger partial charge is 0.477 e. The molecule has 1 aromatic heterocycles. The van der Waals surface area contributed by atoms with E-state index in [1.807, 2.05) is 0 Å². The predicted molar refractivity (Wildman–Crippen MR) is 71.3 cm³/mol. The van der Waals surface area contributed by atoms with Crippen molar-refractivity contribution in [3.8, 4) is 11.3 Å². The summed E-state index contributed by atoms with van der Waals surface area (Å²) >= 11 is 0.936. The summed E-state index contributed by atoms with van der Waals surface area (Å²) < 4.78 is 0. The van der Waals surface area contributed by atoms with E-state index in [1.165, 1.54) is 0 Å². The lowest BCUT2D eigenvalue weighted by Crippen LogP contribution is -2.03. The second-order valence-corrected chi connectivity index (χ2v) is 5.16. The number of carboxylic acids is 1. The Morgan fingerprint density at radius 1 is 1.47 bits per heavy atom. The average molecular weight is 275 g/mol. The number of nitrogens with one attached hydrogen (secondary N) is 1. The zero-order valence-electron chi connectivity index (χ0n) is 9.64. The first kappa shape index (κ1) is 11.7. The van der Waals surface area contributed by atoms with Crippen LogP contribution in [0.1, 0.15) is 15.2 Å². The number of anilines is 2. The van der Waals surface area contributed by atoms with E-state index < -0.39 is 5.97 Å². The number of carbonyl (C=O) groups is 2. The van der Waals surface area contributed by atoms with Crippen LogP contribution in [0, 0.1) is 0 Å². The SMILES string of the molecule is Nc1nc(-c2ccc3c(c2)CC(=O)N3)c(C(=O)O)s1. The lowest BCUT2D eigenvalue weighted by molar-refractivity contribution is -0.115. The summed E-state index contributed by atoms with van der Waals surface area (Å²) in [4.78, 5) is 26.6. The number of carboxylic acid groups (broad SMARTS) is 1. The molecule has 6 nitrogen and oxygen atoms in total. The Bertz CT molecular complexity index is 708. The molecule has 0 radical (unpaired) electrons. The molecule has 96 valence electrons. The third kappa shape index (κ3) is 1.93. The maximum absolute atomic E-state index is 11.3. The summed E-state index contributed by atoms with van der Waals surface area (Å²) in [7, 11) is 0. The number of carbonyl (C=O) groups excluding carboxylic acids is 1. The van der Waals surface area contributed by atoms with Crippen LogP contribution in [-0.4, -0.2) is 22.0 Å². The summed E-state index contributed by atoms with van der Waals surface area (Å²) in [6.07, 6.45) is 0.297. The van der Waals surface area contributed by atoms with Crippen molar-refractivity contribution in [2.24, 2.45) is 0 Å². The maximum atomic E-state index is 11.3. The molecular weight excluding hydrogens is 266 g/mol. The van der Waals surface area contributed by atoms with Crippen LogP contribution in [0.3, 0.4) is 0 Å². The van der Waals surface area contributed by atoms with Gasteiger partial charge < -0.3 is 16.2 Å². The van der Waals surface area contributed by atoms with Crippen molar-refractivity contribution in [1.29, 1.82) is 0 Å². The minimum atomic E-state index is -1.06. The van der Waals surface area contributed by atoms with E-state index in [0.717, 1.165) is 22.6 Å². The van der Waals surface area contributed by atoms with E-state index in [9.17, 15) is 9.59 Å². The van der Waals surface area contributed by atoms with Gasteiger partial charge in [-0.1, -0.05) is 17.4 Å². The summed E-state index contributed by atoms with van der Waals surface area (Å²) in [5.74, 6) is -1.12. The number of nitrogen functional groups attached to an aromatic ring is 1. The number of amides is 1. The molecule has 1 aliphatic rings. The summed E-state index contributed by atoms with van der Waals surface area (Å²) in [5, 5.41) is 12.1.